The Hall–Kier alpha value is -0.260. The largest absolute Gasteiger partial charge is 0.0999 e. The van der Waals surface area contributed by atoms with Gasteiger partial charge in [0.2, 0.25) is 0 Å². The van der Waals surface area contributed by atoms with Crippen molar-refractivity contribution < 1.29 is 0 Å². The molecule has 0 aromatic rings. The van der Waals surface area contributed by atoms with Crippen molar-refractivity contribution in [3.8, 4) is 0 Å². The van der Waals surface area contributed by atoms with Gasteiger partial charge in [-0.1, -0.05) is 58.6 Å². The summed E-state index contributed by atoms with van der Waals surface area (Å²) in [6, 6.07) is 0. The van der Waals surface area contributed by atoms with Gasteiger partial charge in [0.15, 0.2) is 0 Å². The number of hydrogen-bond acceptors (Lipinski definition) is 0. The maximum absolute atomic E-state index is 3.99. The van der Waals surface area contributed by atoms with E-state index in [4.69, 9.17) is 0 Å². The van der Waals surface area contributed by atoms with E-state index in [1.54, 1.807) is 0 Å². The maximum Gasteiger partial charge on any atom is -0.0237 e. The monoisotopic (exact) mass is 182 g/mol. The molecular weight excluding hydrogens is 156 g/mol. The van der Waals surface area contributed by atoms with Crippen LogP contribution in [0.25, 0.3) is 0 Å². The molecule has 0 nitrogen and oxygen atoms in total. The molecule has 0 saturated carbocycles. The zero-order valence-corrected chi connectivity index (χ0v) is 9.90. The summed E-state index contributed by atoms with van der Waals surface area (Å²) in [7, 11) is 0. The van der Waals surface area contributed by atoms with Crippen molar-refractivity contribution in [3.63, 3.8) is 0 Å². The Balaban J connectivity index is 3.39. The third kappa shape index (κ3) is 6.86. The van der Waals surface area contributed by atoms with Crippen molar-refractivity contribution in [1.29, 1.82) is 0 Å². The second kappa shape index (κ2) is 7.17. The predicted molar refractivity (Wildman–Crippen MR) is 61.9 cm³/mol. The highest BCUT2D eigenvalue weighted by atomic mass is 14.1. The van der Waals surface area contributed by atoms with Gasteiger partial charge >= 0.3 is 0 Å². The molecule has 0 heterocycles. The van der Waals surface area contributed by atoms with Gasteiger partial charge in [0, 0.05) is 0 Å². The van der Waals surface area contributed by atoms with Gasteiger partial charge < -0.3 is 0 Å². The second-order valence-corrected chi connectivity index (χ2v) is 4.57. The molecule has 0 amide bonds. The van der Waals surface area contributed by atoms with E-state index >= 15 is 0 Å². The molecule has 0 radical (unpaired) electrons. The van der Waals surface area contributed by atoms with Crippen molar-refractivity contribution in [2.24, 2.45) is 11.8 Å². The average Bonchev–Trinajstić information content (AvgIpc) is 2.04. The summed E-state index contributed by atoms with van der Waals surface area (Å²) in [6.07, 6.45) is 6.81. The van der Waals surface area contributed by atoms with Gasteiger partial charge in [0.25, 0.3) is 0 Å². The fourth-order valence-electron chi connectivity index (χ4n) is 1.66. The van der Waals surface area contributed by atoms with Crippen LogP contribution in [0.1, 0.15) is 59.8 Å². The Kier molecular flexibility index (Phi) is 7.03. The summed E-state index contributed by atoms with van der Waals surface area (Å²) in [4.78, 5) is 0. The maximum atomic E-state index is 3.99. The van der Waals surface area contributed by atoms with E-state index < -0.39 is 0 Å². The molecule has 0 saturated heterocycles. The summed E-state index contributed by atoms with van der Waals surface area (Å²) in [6.45, 7) is 13.1. The molecule has 0 aromatic heterocycles. The van der Waals surface area contributed by atoms with E-state index in [1.165, 1.54) is 37.7 Å². The highest BCUT2D eigenvalue weighted by molar-refractivity contribution is 4.93. The molecular formula is C13H26. The van der Waals surface area contributed by atoms with Crippen LogP contribution in [-0.2, 0) is 0 Å². The van der Waals surface area contributed by atoms with E-state index in [9.17, 15) is 0 Å². The zero-order valence-electron chi connectivity index (χ0n) is 9.90. The van der Waals surface area contributed by atoms with Crippen LogP contribution < -0.4 is 0 Å². The van der Waals surface area contributed by atoms with Crippen LogP contribution in [0.5, 0.6) is 0 Å². The molecule has 0 heteroatoms. The molecule has 0 aliphatic rings. The summed E-state index contributed by atoms with van der Waals surface area (Å²) >= 11 is 0. The van der Waals surface area contributed by atoms with Crippen molar-refractivity contribution in [1.82, 2.24) is 0 Å². The van der Waals surface area contributed by atoms with E-state index in [0.717, 1.165) is 5.92 Å². The van der Waals surface area contributed by atoms with Crippen LogP contribution >= 0.6 is 0 Å². The average molecular weight is 182 g/mol. The van der Waals surface area contributed by atoms with Gasteiger partial charge in [-0.3, -0.25) is 0 Å². The van der Waals surface area contributed by atoms with E-state index in [-0.39, 0.29) is 0 Å². The van der Waals surface area contributed by atoms with Gasteiger partial charge in [0.05, 0.1) is 0 Å². The van der Waals surface area contributed by atoms with Crippen molar-refractivity contribution in [2.45, 2.75) is 59.8 Å². The molecule has 2 unspecified atom stereocenters. The Morgan fingerprint density at radius 3 is 2.23 bits per heavy atom. The second-order valence-electron chi connectivity index (χ2n) is 4.57. The Labute approximate surface area is 84.4 Å². The number of rotatable bonds is 7. The smallest absolute Gasteiger partial charge is 0.0237 e. The minimum atomic E-state index is 0.717. The molecule has 0 bridgehead atoms. The summed E-state index contributed by atoms with van der Waals surface area (Å²) in [5.41, 5.74) is 1.34. The van der Waals surface area contributed by atoms with Crippen LogP contribution in [0.2, 0.25) is 0 Å². The summed E-state index contributed by atoms with van der Waals surface area (Å²) in [5, 5.41) is 0. The third-order valence-corrected chi connectivity index (χ3v) is 2.96. The van der Waals surface area contributed by atoms with E-state index in [1.807, 2.05) is 0 Å². The van der Waals surface area contributed by atoms with Crippen LogP contribution in [0.3, 0.4) is 0 Å². The third-order valence-electron chi connectivity index (χ3n) is 2.96. The van der Waals surface area contributed by atoms with Gasteiger partial charge in [-0.15, -0.1) is 0 Å². The molecule has 13 heavy (non-hydrogen) atoms. The molecule has 2 atom stereocenters. The van der Waals surface area contributed by atoms with Crippen molar-refractivity contribution in [3.05, 3.63) is 12.2 Å². The Morgan fingerprint density at radius 1 is 1.15 bits per heavy atom. The van der Waals surface area contributed by atoms with Gasteiger partial charge in [0.1, 0.15) is 0 Å². The van der Waals surface area contributed by atoms with Crippen molar-refractivity contribution in [2.75, 3.05) is 0 Å². The molecule has 0 spiro atoms. The highest BCUT2D eigenvalue weighted by Crippen LogP contribution is 2.19. The lowest BCUT2D eigenvalue weighted by atomic mass is 9.93. The lowest BCUT2D eigenvalue weighted by Crippen LogP contribution is -1.98. The molecule has 0 aromatic carbocycles. The molecule has 0 rings (SSSR count). The predicted octanol–water partition coefficient (Wildman–Crippen LogP) is 4.81. The topological polar surface area (TPSA) is 0 Å². The Bertz CT molecular complexity index is 135. The van der Waals surface area contributed by atoms with Gasteiger partial charge in [-0.25, -0.2) is 0 Å². The van der Waals surface area contributed by atoms with Crippen LogP contribution in [0, 0.1) is 11.8 Å². The van der Waals surface area contributed by atoms with E-state index in [0.29, 0.717) is 5.92 Å². The number of hydrogen-bond donors (Lipinski definition) is 0. The minimum absolute atomic E-state index is 0.717. The van der Waals surface area contributed by atoms with Gasteiger partial charge in [-0.05, 0) is 25.2 Å². The molecule has 78 valence electrons. The summed E-state index contributed by atoms with van der Waals surface area (Å²) < 4.78 is 0. The molecule has 0 fully saturated rings. The highest BCUT2D eigenvalue weighted by Gasteiger charge is 2.04. The standard InChI is InChI=1S/C13H26/c1-6-8-12(4)9-7-10-13(5)11(2)3/h12-13H,2,6-10H2,1,3-5H3. The quantitative estimate of drug-likeness (QED) is 0.496. The Morgan fingerprint density at radius 2 is 1.77 bits per heavy atom. The first-order valence-corrected chi connectivity index (χ1v) is 5.73. The molecule has 0 aliphatic heterocycles. The van der Waals surface area contributed by atoms with Crippen LogP contribution in [0.15, 0.2) is 12.2 Å². The van der Waals surface area contributed by atoms with Crippen LogP contribution in [-0.4, -0.2) is 0 Å². The zero-order chi connectivity index (χ0) is 10.3. The normalized spacial score (nSPS) is 15.4. The lowest BCUT2D eigenvalue weighted by Gasteiger charge is -2.13. The number of allylic oxidation sites excluding steroid dienone is 1. The fourth-order valence-corrected chi connectivity index (χ4v) is 1.66. The minimum Gasteiger partial charge on any atom is -0.0999 e. The molecule has 0 N–H and O–H groups in total. The fraction of sp³-hybridized carbons (Fsp3) is 0.846. The molecule has 0 aliphatic carbocycles. The van der Waals surface area contributed by atoms with Crippen LogP contribution in [0.4, 0.5) is 0 Å². The first-order valence-electron chi connectivity index (χ1n) is 5.73. The van der Waals surface area contributed by atoms with Crippen molar-refractivity contribution >= 4 is 0 Å². The first-order chi connectivity index (χ1) is 6.07. The summed E-state index contributed by atoms with van der Waals surface area (Å²) in [5.74, 6) is 1.64. The lowest BCUT2D eigenvalue weighted by molar-refractivity contribution is 0.439. The SMILES string of the molecule is C=C(C)C(C)CCCC(C)CCC. The van der Waals surface area contributed by atoms with Gasteiger partial charge in [-0.2, -0.15) is 0 Å². The van der Waals surface area contributed by atoms with E-state index in [2.05, 4.69) is 34.3 Å². The first kappa shape index (κ1) is 12.7.